The van der Waals surface area contributed by atoms with Crippen molar-refractivity contribution in [1.29, 1.82) is 0 Å². The van der Waals surface area contributed by atoms with Gasteiger partial charge < -0.3 is 10.1 Å². The van der Waals surface area contributed by atoms with Gasteiger partial charge in [0.2, 0.25) is 0 Å². The van der Waals surface area contributed by atoms with E-state index in [0.717, 1.165) is 18.7 Å². The first kappa shape index (κ1) is 23.9. The number of carbonyl (C=O) groups excluding carboxylic acids is 1. The van der Waals surface area contributed by atoms with Gasteiger partial charge in [-0.1, -0.05) is 54.6 Å². The lowest BCUT2D eigenvalue weighted by molar-refractivity contribution is 0.0332. The molecule has 7 nitrogen and oxygen atoms in total. The standard InChI is InChI=1S/C26H29N3O4S/c1-28(23-12-6-3-7-13-23)34(31,32)24-14-8-11-22(19-24)26(30)27-25(21-9-4-2-5-10-21)20-29-15-17-33-18-16-29/h2-14,19,25H,15-18,20H2,1H3,(H,27,30). The zero-order chi connectivity index (χ0) is 24.0. The summed E-state index contributed by atoms with van der Waals surface area (Å²) in [7, 11) is -2.32. The van der Waals surface area contributed by atoms with Crippen LogP contribution in [-0.2, 0) is 14.8 Å². The molecule has 1 atom stereocenters. The van der Waals surface area contributed by atoms with Crippen LogP contribution in [0.4, 0.5) is 5.69 Å². The number of ether oxygens (including phenoxy) is 1. The molecule has 0 bridgehead atoms. The summed E-state index contributed by atoms with van der Waals surface area (Å²) < 4.78 is 33.0. The first-order valence-electron chi connectivity index (χ1n) is 11.2. The van der Waals surface area contributed by atoms with E-state index in [1.807, 2.05) is 36.4 Å². The molecule has 1 unspecified atom stereocenters. The van der Waals surface area contributed by atoms with Crippen LogP contribution in [0.1, 0.15) is 22.0 Å². The minimum Gasteiger partial charge on any atom is -0.379 e. The minimum atomic E-state index is -3.82. The highest BCUT2D eigenvalue weighted by Gasteiger charge is 2.24. The van der Waals surface area contributed by atoms with E-state index in [1.54, 1.807) is 36.4 Å². The molecule has 1 saturated heterocycles. The average Bonchev–Trinajstić information content (AvgIpc) is 2.89. The van der Waals surface area contributed by atoms with Crippen molar-refractivity contribution >= 4 is 21.6 Å². The van der Waals surface area contributed by atoms with Crippen molar-refractivity contribution in [2.45, 2.75) is 10.9 Å². The predicted molar refractivity (Wildman–Crippen MR) is 132 cm³/mol. The fourth-order valence-electron chi connectivity index (χ4n) is 3.94. The van der Waals surface area contributed by atoms with Crippen molar-refractivity contribution in [3.63, 3.8) is 0 Å². The number of hydrogen-bond acceptors (Lipinski definition) is 5. The third kappa shape index (κ3) is 5.64. The van der Waals surface area contributed by atoms with Crippen LogP contribution < -0.4 is 9.62 Å². The number of carbonyl (C=O) groups is 1. The van der Waals surface area contributed by atoms with Gasteiger partial charge in [0, 0.05) is 32.2 Å². The number of rotatable bonds is 8. The summed E-state index contributed by atoms with van der Waals surface area (Å²) in [5, 5.41) is 3.11. The summed E-state index contributed by atoms with van der Waals surface area (Å²) in [4.78, 5) is 15.6. The predicted octanol–water partition coefficient (Wildman–Crippen LogP) is 3.32. The largest absolute Gasteiger partial charge is 0.379 e. The Morgan fingerprint density at radius 3 is 2.29 bits per heavy atom. The van der Waals surface area contributed by atoms with E-state index in [0.29, 0.717) is 31.0 Å². The van der Waals surface area contributed by atoms with Gasteiger partial charge in [-0.15, -0.1) is 0 Å². The monoisotopic (exact) mass is 479 g/mol. The van der Waals surface area contributed by atoms with Gasteiger partial charge in [-0.25, -0.2) is 8.42 Å². The number of para-hydroxylation sites is 1. The maximum Gasteiger partial charge on any atom is 0.264 e. The molecule has 4 rings (SSSR count). The zero-order valence-electron chi connectivity index (χ0n) is 19.1. The lowest BCUT2D eigenvalue weighted by atomic mass is 10.1. The van der Waals surface area contributed by atoms with Gasteiger partial charge >= 0.3 is 0 Å². The molecule has 0 aromatic heterocycles. The van der Waals surface area contributed by atoms with Crippen LogP contribution in [0.3, 0.4) is 0 Å². The highest BCUT2D eigenvalue weighted by Crippen LogP contribution is 2.23. The topological polar surface area (TPSA) is 79.0 Å². The van der Waals surface area contributed by atoms with Crippen LogP contribution in [-0.4, -0.2) is 59.1 Å². The molecule has 0 spiro atoms. The van der Waals surface area contributed by atoms with Crippen LogP contribution in [0.2, 0.25) is 0 Å². The number of morpholine rings is 1. The highest BCUT2D eigenvalue weighted by atomic mass is 32.2. The minimum absolute atomic E-state index is 0.0657. The number of amides is 1. The Bertz CT molecular complexity index is 1200. The summed E-state index contributed by atoms with van der Waals surface area (Å²) in [5.74, 6) is -0.318. The molecule has 0 radical (unpaired) electrons. The lowest BCUT2D eigenvalue weighted by Gasteiger charge is -2.31. The van der Waals surface area contributed by atoms with Crippen LogP contribution in [0.5, 0.6) is 0 Å². The fourth-order valence-corrected chi connectivity index (χ4v) is 5.18. The quantitative estimate of drug-likeness (QED) is 0.536. The Kier molecular flexibility index (Phi) is 7.62. The Hall–Kier alpha value is -3.20. The first-order valence-corrected chi connectivity index (χ1v) is 12.7. The third-order valence-electron chi connectivity index (χ3n) is 5.93. The molecule has 1 N–H and O–H groups in total. The lowest BCUT2D eigenvalue weighted by Crippen LogP contribution is -2.43. The van der Waals surface area contributed by atoms with E-state index in [9.17, 15) is 13.2 Å². The number of hydrogen-bond donors (Lipinski definition) is 1. The first-order chi connectivity index (χ1) is 16.4. The summed E-state index contributed by atoms with van der Waals surface area (Å²) in [6.07, 6.45) is 0. The molecule has 1 amide bonds. The van der Waals surface area contributed by atoms with Crippen LogP contribution in [0, 0.1) is 0 Å². The van der Waals surface area contributed by atoms with Gasteiger partial charge in [0.25, 0.3) is 15.9 Å². The Balaban J connectivity index is 1.55. The summed E-state index contributed by atoms with van der Waals surface area (Å²) in [5.41, 5.74) is 1.84. The Morgan fingerprint density at radius 2 is 1.62 bits per heavy atom. The SMILES string of the molecule is CN(c1ccccc1)S(=O)(=O)c1cccc(C(=O)NC(CN2CCOCC2)c2ccccc2)c1. The zero-order valence-corrected chi connectivity index (χ0v) is 19.9. The summed E-state index contributed by atoms with van der Waals surface area (Å²) in [6.45, 7) is 3.60. The summed E-state index contributed by atoms with van der Waals surface area (Å²) >= 11 is 0. The second-order valence-electron chi connectivity index (χ2n) is 8.19. The van der Waals surface area contributed by atoms with Crippen molar-refractivity contribution in [2.75, 3.05) is 44.2 Å². The van der Waals surface area contributed by atoms with Gasteiger partial charge in [0.05, 0.1) is 29.8 Å². The number of nitrogens with zero attached hydrogens (tertiary/aromatic N) is 2. The second kappa shape index (κ2) is 10.8. The van der Waals surface area contributed by atoms with Gasteiger partial charge in [0.15, 0.2) is 0 Å². The molecule has 178 valence electrons. The highest BCUT2D eigenvalue weighted by molar-refractivity contribution is 7.92. The number of anilines is 1. The Labute approximate surface area is 201 Å². The van der Waals surface area contributed by atoms with E-state index >= 15 is 0 Å². The van der Waals surface area contributed by atoms with Crippen molar-refractivity contribution in [2.24, 2.45) is 0 Å². The van der Waals surface area contributed by atoms with Gasteiger partial charge in [-0.05, 0) is 35.9 Å². The van der Waals surface area contributed by atoms with Gasteiger partial charge in [-0.3, -0.25) is 14.0 Å². The van der Waals surface area contributed by atoms with Crippen LogP contribution in [0.25, 0.3) is 0 Å². The van der Waals surface area contributed by atoms with Crippen LogP contribution in [0.15, 0.2) is 89.8 Å². The van der Waals surface area contributed by atoms with Gasteiger partial charge in [-0.2, -0.15) is 0 Å². The molecule has 3 aromatic carbocycles. The van der Waals surface area contributed by atoms with Crippen LogP contribution >= 0.6 is 0 Å². The molecule has 0 saturated carbocycles. The number of nitrogens with one attached hydrogen (secondary N) is 1. The fraction of sp³-hybridized carbons (Fsp3) is 0.269. The van der Waals surface area contributed by atoms with Crippen molar-refractivity contribution in [3.05, 3.63) is 96.1 Å². The number of benzene rings is 3. The molecule has 1 fully saturated rings. The molecular formula is C26H29N3O4S. The molecule has 1 heterocycles. The van der Waals surface area contributed by atoms with E-state index in [-0.39, 0.29) is 16.8 Å². The molecule has 0 aliphatic carbocycles. The number of sulfonamides is 1. The van der Waals surface area contributed by atoms with Crippen molar-refractivity contribution in [3.8, 4) is 0 Å². The van der Waals surface area contributed by atoms with Crippen molar-refractivity contribution < 1.29 is 17.9 Å². The van der Waals surface area contributed by atoms with Crippen molar-refractivity contribution in [1.82, 2.24) is 10.2 Å². The molecule has 1 aliphatic heterocycles. The molecular weight excluding hydrogens is 450 g/mol. The molecule has 1 aliphatic rings. The molecule has 8 heteroatoms. The maximum absolute atomic E-state index is 13.2. The van der Waals surface area contributed by atoms with E-state index in [2.05, 4.69) is 10.2 Å². The average molecular weight is 480 g/mol. The Morgan fingerprint density at radius 1 is 0.971 bits per heavy atom. The second-order valence-corrected chi connectivity index (χ2v) is 10.2. The van der Waals surface area contributed by atoms with E-state index < -0.39 is 10.0 Å². The van der Waals surface area contributed by atoms with Gasteiger partial charge in [0.1, 0.15) is 0 Å². The van der Waals surface area contributed by atoms with E-state index in [4.69, 9.17) is 4.74 Å². The third-order valence-corrected chi connectivity index (χ3v) is 7.71. The normalized spacial score (nSPS) is 15.4. The van der Waals surface area contributed by atoms with E-state index in [1.165, 1.54) is 23.5 Å². The smallest absolute Gasteiger partial charge is 0.264 e. The summed E-state index contributed by atoms with van der Waals surface area (Å²) in [6, 6.07) is 24.6. The molecule has 3 aromatic rings. The maximum atomic E-state index is 13.2. The molecule has 34 heavy (non-hydrogen) atoms.